The van der Waals surface area contributed by atoms with E-state index in [-0.39, 0.29) is 24.7 Å². The van der Waals surface area contributed by atoms with Crippen LogP contribution >= 0.6 is 0 Å². The number of hydrogen-bond acceptors (Lipinski definition) is 5. The Hall–Kier alpha value is -3.14. The summed E-state index contributed by atoms with van der Waals surface area (Å²) in [5.41, 5.74) is 0.504. The first-order chi connectivity index (χ1) is 15.0. The summed E-state index contributed by atoms with van der Waals surface area (Å²) in [6, 6.07) is 4.45. The van der Waals surface area contributed by atoms with Crippen LogP contribution in [0.25, 0.3) is 0 Å². The third kappa shape index (κ3) is 9.78. The third-order valence-corrected chi connectivity index (χ3v) is 4.50. The average Bonchev–Trinajstić information content (AvgIpc) is 2.70. The van der Waals surface area contributed by atoms with Gasteiger partial charge in [-0.3, -0.25) is 9.59 Å². The predicted octanol–water partition coefficient (Wildman–Crippen LogP) is 1.32. The average molecular weight is 451 g/mol. The first-order valence-corrected chi connectivity index (χ1v) is 10.6. The lowest BCUT2D eigenvalue weighted by atomic mass is 10.0. The second-order valence-corrected chi connectivity index (χ2v) is 8.42. The Balaban J connectivity index is 2.81. The van der Waals surface area contributed by atoms with Crippen molar-refractivity contribution >= 4 is 29.5 Å². The van der Waals surface area contributed by atoms with Gasteiger partial charge in [0.1, 0.15) is 18.1 Å². The summed E-state index contributed by atoms with van der Waals surface area (Å²) in [7, 11) is 0. The SMILES string of the molecule is CC(C)C[C@H](NC(=O)[C@H](CC(C)C)NC(=O)[C@H](CO)NC(=O)Nc1ccccc1)C(=O)O. The number of amides is 4. The number of carboxylic acid groups (broad SMARTS) is 1. The molecule has 0 aromatic heterocycles. The van der Waals surface area contributed by atoms with Gasteiger partial charge in [0.15, 0.2) is 0 Å². The van der Waals surface area contributed by atoms with Crippen LogP contribution in [0.1, 0.15) is 40.5 Å². The molecule has 0 bridgehead atoms. The number of hydrogen-bond donors (Lipinski definition) is 6. The molecule has 0 unspecified atom stereocenters. The van der Waals surface area contributed by atoms with E-state index in [1.54, 1.807) is 30.3 Å². The molecule has 1 aromatic rings. The van der Waals surface area contributed by atoms with Crippen molar-refractivity contribution in [1.82, 2.24) is 16.0 Å². The van der Waals surface area contributed by atoms with Gasteiger partial charge in [-0.1, -0.05) is 45.9 Å². The van der Waals surface area contributed by atoms with Crippen LogP contribution in [-0.2, 0) is 14.4 Å². The van der Waals surface area contributed by atoms with Crippen molar-refractivity contribution in [3.63, 3.8) is 0 Å². The molecule has 0 radical (unpaired) electrons. The van der Waals surface area contributed by atoms with Crippen molar-refractivity contribution < 1.29 is 29.4 Å². The molecule has 0 heterocycles. The molecule has 10 nitrogen and oxygen atoms in total. The predicted molar refractivity (Wildman–Crippen MR) is 120 cm³/mol. The van der Waals surface area contributed by atoms with Crippen LogP contribution in [0.3, 0.4) is 0 Å². The summed E-state index contributed by atoms with van der Waals surface area (Å²) in [5.74, 6) is -2.49. The minimum Gasteiger partial charge on any atom is -0.480 e. The Morgan fingerprint density at radius 1 is 0.781 bits per heavy atom. The van der Waals surface area contributed by atoms with Gasteiger partial charge in [-0.15, -0.1) is 0 Å². The second kappa shape index (κ2) is 13.3. The second-order valence-electron chi connectivity index (χ2n) is 8.42. The number of anilines is 1. The molecule has 0 saturated carbocycles. The fourth-order valence-corrected chi connectivity index (χ4v) is 2.98. The maximum atomic E-state index is 12.7. The minimum atomic E-state index is -1.30. The Morgan fingerprint density at radius 3 is 1.78 bits per heavy atom. The zero-order chi connectivity index (χ0) is 24.3. The number of aliphatic carboxylic acids is 1. The summed E-state index contributed by atoms with van der Waals surface area (Å²) in [4.78, 5) is 49.0. The summed E-state index contributed by atoms with van der Waals surface area (Å²) in [5, 5.41) is 28.8. The summed E-state index contributed by atoms with van der Waals surface area (Å²) >= 11 is 0. The van der Waals surface area contributed by atoms with Gasteiger partial charge >= 0.3 is 12.0 Å². The third-order valence-electron chi connectivity index (χ3n) is 4.50. The van der Waals surface area contributed by atoms with Gasteiger partial charge in [0.05, 0.1) is 6.61 Å². The molecule has 0 aliphatic rings. The monoisotopic (exact) mass is 450 g/mol. The van der Waals surface area contributed by atoms with E-state index in [1.165, 1.54) is 0 Å². The van der Waals surface area contributed by atoms with E-state index in [0.717, 1.165) is 0 Å². The van der Waals surface area contributed by atoms with Gasteiger partial charge in [0, 0.05) is 5.69 Å². The molecule has 0 fully saturated rings. The molecule has 10 heteroatoms. The highest BCUT2D eigenvalue weighted by Crippen LogP contribution is 2.09. The number of carbonyl (C=O) groups excluding carboxylic acids is 3. The first-order valence-electron chi connectivity index (χ1n) is 10.6. The number of para-hydroxylation sites is 1. The van der Waals surface area contributed by atoms with Crippen molar-refractivity contribution in [2.24, 2.45) is 11.8 Å². The standard InChI is InChI=1S/C22H34N4O6/c1-13(2)10-16(19(28)25-17(21(30)31)11-14(3)4)24-20(29)18(12-27)26-22(32)23-15-8-6-5-7-9-15/h5-9,13-14,16-18,27H,10-12H2,1-4H3,(H,24,29)(H,25,28)(H,30,31)(H2,23,26,32)/t16-,17-,18-/m0/s1. The number of carbonyl (C=O) groups is 4. The molecule has 0 aliphatic heterocycles. The van der Waals surface area contributed by atoms with Gasteiger partial charge in [0.25, 0.3) is 0 Å². The molecule has 4 amide bonds. The number of nitrogens with one attached hydrogen (secondary N) is 4. The van der Waals surface area contributed by atoms with Gasteiger partial charge in [-0.2, -0.15) is 0 Å². The van der Waals surface area contributed by atoms with E-state index in [0.29, 0.717) is 5.69 Å². The molecule has 6 N–H and O–H groups in total. The van der Waals surface area contributed by atoms with E-state index < -0.39 is 48.5 Å². The zero-order valence-corrected chi connectivity index (χ0v) is 18.9. The molecule has 0 spiro atoms. The van der Waals surface area contributed by atoms with Crippen LogP contribution in [0, 0.1) is 11.8 Å². The molecule has 178 valence electrons. The van der Waals surface area contributed by atoms with Crippen LogP contribution in [0.5, 0.6) is 0 Å². The lowest BCUT2D eigenvalue weighted by Gasteiger charge is -2.25. The topological polar surface area (TPSA) is 157 Å². The Morgan fingerprint density at radius 2 is 1.28 bits per heavy atom. The summed E-state index contributed by atoms with van der Waals surface area (Å²) < 4.78 is 0. The highest BCUT2D eigenvalue weighted by molar-refractivity contribution is 5.96. The maximum absolute atomic E-state index is 12.7. The lowest BCUT2D eigenvalue weighted by Crippen LogP contribution is -2.57. The molecule has 0 aliphatic carbocycles. The van der Waals surface area contributed by atoms with Gasteiger partial charge in [-0.05, 0) is 36.8 Å². The van der Waals surface area contributed by atoms with Crippen molar-refractivity contribution in [1.29, 1.82) is 0 Å². The number of carboxylic acids is 1. The quantitative estimate of drug-likeness (QED) is 0.282. The Kier molecular flexibility index (Phi) is 11.2. The molecule has 0 saturated heterocycles. The number of aliphatic hydroxyl groups excluding tert-OH is 1. The fraction of sp³-hybridized carbons (Fsp3) is 0.545. The summed E-state index contributed by atoms with van der Waals surface area (Å²) in [6.45, 7) is 6.70. The highest BCUT2D eigenvalue weighted by Gasteiger charge is 2.30. The largest absolute Gasteiger partial charge is 0.480 e. The van der Waals surface area contributed by atoms with Gasteiger partial charge in [0.2, 0.25) is 11.8 Å². The normalized spacial score (nSPS) is 13.7. The highest BCUT2D eigenvalue weighted by atomic mass is 16.4. The number of urea groups is 1. The van der Waals surface area contributed by atoms with E-state index in [1.807, 2.05) is 27.7 Å². The summed E-state index contributed by atoms with van der Waals surface area (Å²) in [6.07, 6.45) is 0.490. The molecule has 3 atom stereocenters. The molecular weight excluding hydrogens is 416 g/mol. The van der Waals surface area contributed by atoms with E-state index in [9.17, 15) is 29.4 Å². The number of aliphatic hydroxyl groups is 1. The lowest BCUT2D eigenvalue weighted by molar-refractivity contribution is -0.142. The molecule has 32 heavy (non-hydrogen) atoms. The van der Waals surface area contributed by atoms with Crippen LogP contribution in [0.15, 0.2) is 30.3 Å². The Bertz CT molecular complexity index is 769. The Labute approximate surface area is 188 Å². The van der Waals surface area contributed by atoms with Gasteiger partial charge < -0.3 is 31.5 Å². The zero-order valence-electron chi connectivity index (χ0n) is 18.9. The molecule has 1 aromatic carbocycles. The van der Waals surface area contributed by atoms with E-state index in [4.69, 9.17) is 0 Å². The van der Waals surface area contributed by atoms with Crippen LogP contribution in [0.4, 0.5) is 10.5 Å². The first kappa shape index (κ1) is 26.9. The smallest absolute Gasteiger partial charge is 0.326 e. The van der Waals surface area contributed by atoms with Gasteiger partial charge in [-0.25, -0.2) is 9.59 Å². The molecular formula is C22H34N4O6. The van der Waals surface area contributed by atoms with Crippen molar-refractivity contribution in [3.05, 3.63) is 30.3 Å². The van der Waals surface area contributed by atoms with Crippen molar-refractivity contribution in [2.75, 3.05) is 11.9 Å². The van der Waals surface area contributed by atoms with Crippen LogP contribution < -0.4 is 21.3 Å². The van der Waals surface area contributed by atoms with Crippen molar-refractivity contribution in [3.8, 4) is 0 Å². The van der Waals surface area contributed by atoms with Crippen LogP contribution in [0.2, 0.25) is 0 Å². The maximum Gasteiger partial charge on any atom is 0.326 e. The fourth-order valence-electron chi connectivity index (χ4n) is 2.98. The van der Waals surface area contributed by atoms with E-state index >= 15 is 0 Å². The number of rotatable bonds is 12. The van der Waals surface area contributed by atoms with E-state index in [2.05, 4.69) is 21.3 Å². The van der Waals surface area contributed by atoms with Crippen molar-refractivity contribution in [2.45, 2.75) is 58.7 Å². The molecule has 1 rings (SSSR count). The minimum absolute atomic E-state index is 0.0151. The number of benzene rings is 1. The van der Waals surface area contributed by atoms with Crippen LogP contribution in [-0.4, -0.2) is 58.8 Å².